The van der Waals surface area contributed by atoms with Crippen molar-refractivity contribution in [1.29, 1.82) is 0 Å². The summed E-state index contributed by atoms with van der Waals surface area (Å²) in [6.45, 7) is 4.72. The van der Waals surface area contributed by atoms with E-state index in [4.69, 9.17) is 4.74 Å². The van der Waals surface area contributed by atoms with Crippen LogP contribution in [0.3, 0.4) is 0 Å². The van der Waals surface area contributed by atoms with Crippen molar-refractivity contribution in [3.8, 4) is 0 Å². The molecule has 2 rings (SSSR count). The van der Waals surface area contributed by atoms with Crippen LogP contribution in [-0.4, -0.2) is 41.9 Å². The quantitative estimate of drug-likeness (QED) is 0.834. The van der Waals surface area contributed by atoms with Crippen molar-refractivity contribution < 1.29 is 9.84 Å². The molecule has 0 aliphatic carbocycles. The largest absolute Gasteiger partial charge is 0.395 e. The molecular formula is C13H19NO2. The lowest BCUT2D eigenvalue weighted by Gasteiger charge is -2.38. The minimum absolute atomic E-state index is 0.113. The molecule has 16 heavy (non-hydrogen) atoms. The molecule has 3 nitrogen and oxygen atoms in total. The maximum Gasteiger partial charge on any atom is 0.0725 e. The molecule has 0 unspecified atom stereocenters. The summed E-state index contributed by atoms with van der Waals surface area (Å²) in [5, 5.41) is 9.39. The van der Waals surface area contributed by atoms with Crippen LogP contribution < -0.4 is 0 Å². The first-order valence-corrected chi connectivity index (χ1v) is 5.81. The van der Waals surface area contributed by atoms with E-state index >= 15 is 0 Å². The molecule has 0 amide bonds. The summed E-state index contributed by atoms with van der Waals surface area (Å²) in [6, 6.07) is 10.5. The molecule has 3 heteroatoms. The highest BCUT2D eigenvalue weighted by molar-refractivity contribution is 5.14. The van der Waals surface area contributed by atoms with Crippen LogP contribution in [-0.2, 0) is 11.3 Å². The molecule has 88 valence electrons. The smallest absolute Gasteiger partial charge is 0.0725 e. The second kappa shape index (κ2) is 5.43. The summed E-state index contributed by atoms with van der Waals surface area (Å²) >= 11 is 0. The number of hydrogen-bond acceptors (Lipinski definition) is 3. The number of morpholine rings is 1. The lowest BCUT2D eigenvalue weighted by atomic mass is 10.1. The molecule has 1 aromatic rings. The SMILES string of the molecule is C[C@H]1OCCN(Cc2ccccc2)[C@@H]1CO. The number of aliphatic hydroxyl groups is 1. The average Bonchev–Trinajstić information content (AvgIpc) is 2.31. The molecular weight excluding hydrogens is 202 g/mol. The van der Waals surface area contributed by atoms with Crippen LogP contribution in [0.5, 0.6) is 0 Å². The van der Waals surface area contributed by atoms with Crippen molar-refractivity contribution >= 4 is 0 Å². The zero-order valence-corrected chi connectivity index (χ0v) is 9.67. The van der Waals surface area contributed by atoms with Gasteiger partial charge in [0, 0.05) is 13.1 Å². The fourth-order valence-corrected chi connectivity index (χ4v) is 2.21. The molecule has 1 aliphatic rings. The van der Waals surface area contributed by atoms with Crippen LogP contribution >= 0.6 is 0 Å². The Labute approximate surface area is 96.6 Å². The van der Waals surface area contributed by atoms with Gasteiger partial charge in [0.25, 0.3) is 0 Å². The molecule has 1 N–H and O–H groups in total. The van der Waals surface area contributed by atoms with Crippen LogP contribution in [0.2, 0.25) is 0 Å². The van der Waals surface area contributed by atoms with Crippen molar-refractivity contribution in [3.63, 3.8) is 0 Å². The van der Waals surface area contributed by atoms with E-state index in [1.807, 2.05) is 25.1 Å². The minimum Gasteiger partial charge on any atom is -0.395 e. The summed E-state index contributed by atoms with van der Waals surface area (Å²) < 4.78 is 5.55. The van der Waals surface area contributed by atoms with Crippen LogP contribution in [0.1, 0.15) is 12.5 Å². The number of benzene rings is 1. The van der Waals surface area contributed by atoms with Gasteiger partial charge < -0.3 is 9.84 Å². The van der Waals surface area contributed by atoms with Crippen molar-refractivity contribution in [2.24, 2.45) is 0 Å². The van der Waals surface area contributed by atoms with Crippen molar-refractivity contribution in [2.45, 2.75) is 25.6 Å². The lowest BCUT2D eigenvalue weighted by molar-refractivity contribution is -0.0804. The van der Waals surface area contributed by atoms with E-state index in [1.54, 1.807) is 0 Å². The van der Waals surface area contributed by atoms with Gasteiger partial charge in [0.05, 0.1) is 25.4 Å². The maximum absolute atomic E-state index is 9.39. The number of nitrogens with zero attached hydrogens (tertiary/aromatic N) is 1. The topological polar surface area (TPSA) is 32.7 Å². The van der Waals surface area contributed by atoms with Gasteiger partial charge in [-0.05, 0) is 12.5 Å². The van der Waals surface area contributed by atoms with E-state index in [9.17, 15) is 5.11 Å². The van der Waals surface area contributed by atoms with E-state index in [0.29, 0.717) is 0 Å². The molecule has 2 atom stereocenters. The van der Waals surface area contributed by atoms with E-state index in [-0.39, 0.29) is 18.8 Å². The van der Waals surface area contributed by atoms with E-state index in [2.05, 4.69) is 17.0 Å². The summed E-state index contributed by atoms with van der Waals surface area (Å²) in [5.74, 6) is 0. The molecule has 0 aromatic heterocycles. The van der Waals surface area contributed by atoms with Gasteiger partial charge in [-0.2, -0.15) is 0 Å². The van der Waals surface area contributed by atoms with Gasteiger partial charge in [0.15, 0.2) is 0 Å². The predicted octanol–water partition coefficient (Wildman–Crippen LogP) is 1.27. The van der Waals surface area contributed by atoms with Crippen molar-refractivity contribution in [1.82, 2.24) is 4.90 Å². The van der Waals surface area contributed by atoms with Crippen LogP contribution in [0, 0.1) is 0 Å². The molecule has 0 radical (unpaired) electrons. The van der Waals surface area contributed by atoms with Gasteiger partial charge >= 0.3 is 0 Å². The molecule has 1 aliphatic heterocycles. The summed E-state index contributed by atoms with van der Waals surface area (Å²) in [5.41, 5.74) is 1.29. The van der Waals surface area contributed by atoms with Gasteiger partial charge in [-0.1, -0.05) is 30.3 Å². The average molecular weight is 221 g/mol. The Morgan fingerprint density at radius 1 is 1.38 bits per heavy atom. The van der Waals surface area contributed by atoms with Crippen molar-refractivity contribution in [2.75, 3.05) is 19.8 Å². The Morgan fingerprint density at radius 3 is 2.81 bits per heavy atom. The first-order chi connectivity index (χ1) is 7.81. The normalized spacial score (nSPS) is 26.9. The summed E-state index contributed by atoms with van der Waals surface area (Å²) in [4.78, 5) is 2.30. The molecule has 0 spiro atoms. The molecule has 1 fully saturated rings. The predicted molar refractivity (Wildman–Crippen MR) is 63.1 cm³/mol. The Kier molecular flexibility index (Phi) is 3.93. The highest BCUT2D eigenvalue weighted by atomic mass is 16.5. The first-order valence-electron chi connectivity index (χ1n) is 5.81. The lowest BCUT2D eigenvalue weighted by Crippen LogP contribution is -2.51. The van der Waals surface area contributed by atoms with Gasteiger partial charge in [-0.3, -0.25) is 4.90 Å². The number of aliphatic hydroxyl groups excluding tert-OH is 1. The number of rotatable bonds is 3. The second-order valence-corrected chi connectivity index (χ2v) is 4.28. The van der Waals surface area contributed by atoms with E-state index in [0.717, 1.165) is 19.7 Å². The first kappa shape index (κ1) is 11.6. The Bertz CT molecular complexity index is 315. The fourth-order valence-electron chi connectivity index (χ4n) is 2.21. The second-order valence-electron chi connectivity index (χ2n) is 4.28. The summed E-state index contributed by atoms with van der Waals surface area (Å²) in [6.07, 6.45) is 0.113. The van der Waals surface area contributed by atoms with E-state index < -0.39 is 0 Å². The van der Waals surface area contributed by atoms with Gasteiger partial charge in [0.1, 0.15) is 0 Å². The fraction of sp³-hybridized carbons (Fsp3) is 0.538. The zero-order chi connectivity index (χ0) is 11.4. The Morgan fingerprint density at radius 2 is 2.12 bits per heavy atom. The highest BCUT2D eigenvalue weighted by Crippen LogP contribution is 2.16. The number of ether oxygens (including phenoxy) is 1. The van der Waals surface area contributed by atoms with Crippen LogP contribution in [0.25, 0.3) is 0 Å². The van der Waals surface area contributed by atoms with Crippen LogP contribution in [0.4, 0.5) is 0 Å². The third kappa shape index (κ3) is 2.61. The molecule has 0 bridgehead atoms. The summed E-state index contributed by atoms with van der Waals surface area (Å²) in [7, 11) is 0. The van der Waals surface area contributed by atoms with Gasteiger partial charge in [0.2, 0.25) is 0 Å². The molecule has 1 aromatic carbocycles. The van der Waals surface area contributed by atoms with Crippen molar-refractivity contribution in [3.05, 3.63) is 35.9 Å². The number of hydrogen-bond donors (Lipinski definition) is 1. The molecule has 1 heterocycles. The minimum atomic E-state index is 0.113. The van der Waals surface area contributed by atoms with Gasteiger partial charge in [-0.15, -0.1) is 0 Å². The maximum atomic E-state index is 9.39. The molecule has 1 saturated heterocycles. The van der Waals surface area contributed by atoms with Gasteiger partial charge in [-0.25, -0.2) is 0 Å². The highest BCUT2D eigenvalue weighted by Gasteiger charge is 2.28. The van der Waals surface area contributed by atoms with E-state index in [1.165, 1.54) is 5.56 Å². The standard InChI is InChI=1S/C13H19NO2/c1-11-13(10-15)14(7-8-16-11)9-12-5-3-2-4-6-12/h2-6,11,13,15H,7-10H2,1H3/t11-,13-/m1/s1. The monoisotopic (exact) mass is 221 g/mol. The third-order valence-electron chi connectivity index (χ3n) is 3.19. The Balaban J connectivity index is 2.02. The zero-order valence-electron chi connectivity index (χ0n) is 9.67. The van der Waals surface area contributed by atoms with Crippen LogP contribution in [0.15, 0.2) is 30.3 Å². The Hall–Kier alpha value is -0.900. The third-order valence-corrected chi connectivity index (χ3v) is 3.19. The molecule has 0 saturated carbocycles.